The first-order valence-electron chi connectivity index (χ1n) is 5.65. The minimum Gasteiger partial charge on any atom is -0.258 e. The molecule has 1 heterocycles. The van der Waals surface area contributed by atoms with Gasteiger partial charge in [0.05, 0.1) is 25.2 Å². The maximum absolute atomic E-state index is 10.8. The highest BCUT2D eigenvalue weighted by molar-refractivity contribution is 7.21. The quantitative estimate of drug-likeness (QED) is 0.427. The fourth-order valence-corrected chi connectivity index (χ4v) is 3.83. The lowest BCUT2D eigenvalue weighted by Gasteiger charge is -2.03. The Bertz CT molecular complexity index is 856. The number of nitrogens with zero attached hydrogens (tertiary/aromatic N) is 2. The van der Waals surface area contributed by atoms with Gasteiger partial charge in [0.15, 0.2) is 0 Å². The van der Waals surface area contributed by atoms with Crippen LogP contribution < -0.4 is 0 Å². The molecule has 1 aromatic heterocycles. The summed E-state index contributed by atoms with van der Waals surface area (Å²) in [7, 11) is 0. The van der Waals surface area contributed by atoms with E-state index < -0.39 is 4.92 Å². The van der Waals surface area contributed by atoms with Crippen molar-refractivity contribution in [2.45, 2.75) is 0 Å². The third-order valence-corrected chi connectivity index (χ3v) is 4.69. The number of nitro groups is 1. The molecule has 0 bridgehead atoms. The van der Waals surface area contributed by atoms with Crippen molar-refractivity contribution in [3.8, 4) is 10.6 Å². The summed E-state index contributed by atoms with van der Waals surface area (Å²) >= 11 is 19.6. The van der Waals surface area contributed by atoms with Gasteiger partial charge in [0, 0.05) is 22.7 Å². The van der Waals surface area contributed by atoms with Crippen molar-refractivity contribution in [2.75, 3.05) is 0 Å². The lowest BCUT2D eigenvalue weighted by atomic mass is 10.2. The van der Waals surface area contributed by atoms with Crippen LogP contribution in [0.3, 0.4) is 0 Å². The molecule has 0 saturated carbocycles. The summed E-state index contributed by atoms with van der Waals surface area (Å²) in [5.41, 5.74) is 1.06. The summed E-state index contributed by atoms with van der Waals surface area (Å²) in [5, 5.41) is 12.4. The molecule has 21 heavy (non-hydrogen) atoms. The predicted molar refractivity (Wildman–Crippen MR) is 86.7 cm³/mol. The number of aromatic nitrogens is 1. The van der Waals surface area contributed by atoms with Gasteiger partial charge in [-0.1, -0.05) is 34.8 Å². The molecule has 0 atom stereocenters. The van der Waals surface area contributed by atoms with Gasteiger partial charge in [-0.25, -0.2) is 4.98 Å². The number of non-ortho nitro benzene ring substituents is 1. The zero-order valence-corrected chi connectivity index (χ0v) is 13.2. The van der Waals surface area contributed by atoms with Crippen molar-refractivity contribution in [3.63, 3.8) is 0 Å². The summed E-state index contributed by atoms with van der Waals surface area (Å²) < 4.78 is 0.930. The lowest BCUT2D eigenvalue weighted by Crippen LogP contribution is -1.90. The monoisotopic (exact) mass is 358 g/mol. The zero-order chi connectivity index (χ0) is 15.1. The van der Waals surface area contributed by atoms with Crippen molar-refractivity contribution in [2.24, 2.45) is 0 Å². The van der Waals surface area contributed by atoms with E-state index >= 15 is 0 Å². The first-order chi connectivity index (χ1) is 9.95. The third kappa shape index (κ3) is 2.70. The van der Waals surface area contributed by atoms with Gasteiger partial charge in [0.2, 0.25) is 0 Å². The number of thiazole rings is 1. The van der Waals surface area contributed by atoms with Gasteiger partial charge in [-0.2, -0.15) is 0 Å². The normalized spacial score (nSPS) is 11.0. The van der Waals surface area contributed by atoms with Gasteiger partial charge in [0.25, 0.3) is 5.69 Å². The predicted octanol–water partition coefficient (Wildman–Crippen LogP) is 5.83. The Labute approximate surface area is 138 Å². The lowest BCUT2D eigenvalue weighted by molar-refractivity contribution is -0.384. The molecule has 0 aliphatic rings. The molecule has 4 nitrogen and oxygen atoms in total. The molecular weight excluding hydrogens is 355 g/mol. The van der Waals surface area contributed by atoms with Crippen LogP contribution in [0.15, 0.2) is 30.3 Å². The Morgan fingerprint density at radius 3 is 2.38 bits per heavy atom. The Morgan fingerprint density at radius 1 is 1.10 bits per heavy atom. The molecule has 3 aromatic rings. The highest BCUT2D eigenvalue weighted by atomic mass is 35.5. The molecule has 0 N–H and O–H groups in total. The molecule has 3 rings (SSSR count). The maximum Gasteiger partial charge on any atom is 0.272 e. The standard InChI is InChI=1S/C13H5Cl3N2O2S/c14-6-1-2-11-10(3-6)17-13(21-11)12-8(15)4-7(18(19)20)5-9(12)16/h1-5H. The van der Waals surface area contributed by atoms with E-state index in [0.29, 0.717) is 15.6 Å². The van der Waals surface area contributed by atoms with E-state index in [2.05, 4.69) is 4.98 Å². The van der Waals surface area contributed by atoms with Crippen LogP contribution in [-0.2, 0) is 0 Å². The van der Waals surface area contributed by atoms with Gasteiger partial charge in [0.1, 0.15) is 5.01 Å². The molecule has 0 radical (unpaired) electrons. The molecule has 8 heteroatoms. The largest absolute Gasteiger partial charge is 0.272 e. The molecule has 0 fully saturated rings. The topological polar surface area (TPSA) is 56.0 Å². The summed E-state index contributed by atoms with van der Waals surface area (Å²) in [6, 6.07) is 7.89. The maximum atomic E-state index is 10.8. The highest BCUT2D eigenvalue weighted by Gasteiger charge is 2.18. The SMILES string of the molecule is O=[N+]([O-])c1cc(Cl)c(-c2nc3cc(Cl)ccc3s2)c(Cl)c1. The van der Waals surface area contributed by atoms with E-state index in [1.54, 1.807) is 12.1 Å². The minimum atomic E-state index is -0.542. The number of halogens is 3. The Balaban J connectivity index is 2.20. The summed E-state index contributed by atoms with van der Waals surface area (Å²) in [5.74, 6) is 0. The Morgan fingerprint density at radius 2 is 1.76 bits per heavy atom. The van der Waals surface area contributed by atoms with Crippen molar-refractivity contribution in [1.29, 1.82) is 0 Å². The number of benzene rings is 2. The average Bonchev–Trinajstić information content (AvgIpc) is 2.80. The van der Waals surface area contributed by atoms with E-state index in [9.17, 15) is 10.1 Å². The second kappa shape index (κ2) is 5.42. The Kier molecular flexibility index (Phi) is 3.75. The van der Waals surface area contributed by atoms with Crippen molar-refractivity contribution >= 4 is 62.0 Å². The van der Waals surface area contributed by atoms with E-state index in [0.717, 1.165) is 10.2 Å². The van der Waals surface area contributed by atoms with Crippen molar-refractivity contribution in [1.82, 2.24) is 4.98 Å². The van der Waals surface area contributed by atoms with E-state index in [-0.39, 0.29) is 15.7 Å². The highest BCUT2D eigenvalue weighted by Crippen LogP contribution is 2.41. The van der Waals surface area contributed by atoms with Crippen LogP contribution in [0.2, 0.25) is 15.1 Å². The summed E-state index contributed by atoms with van der Waals surface area (Å²) in [4.78, 5) is 14.7. The molecule has 0 saturated heterocycles. The van der Waals surface area contributed by atoms with Gasteiger partial charge in [-0.05, 0) is 18.2 Å². The van der Waals surface area contributed by atoms with E-state index in [1.807, 2.05) is 6.07 Å². The van der Waals surface area contributed by atoms with Crippen LogP contribution in [0.5, 0.6) is 0 Å². The van der Waals surface area contributed by atoms with Crippen LogP contribution in [0, 0.1) is 10.1 Å². The van der Waals surface area contributed by atoms with Crippen molar-refractivity contribution < 1.29 is 4.92 Å². The smallest absolute Gasteiger partial charge is 0.258 e. The second-order valence-corrected chi connectivity index (χ2v) is 6.45. The van der Waals surface area contributed by atoms with Gasteiger partial charge in [-0.15, -0.1) is 11.3 Å². The van der Waals surface area contributed by atoms with Gasteiger partial charge >= 0.3 is 0 Å². The molecule has 0 amide bonds. The third-order valence-electron chi connectivity index (χ3n) is 2.80. The molecular formula is C13H5Cl3N2O2S. The molecule has 0 unspecified atom stereocenters. The fraction of sp³-hybridized carbons (Fsp3) is 0. The first-order valence-corrected chi connectivity index (χ1v) is 7.60. The van der Waals surface area contributed by atoms with Crippen LogP contribution >= 0.6 is 46.1 Å². The zero-order valence-electron chi connectivity index (χ0n) is 10.1. The first kappa shape index (κ1) is 14.5. The van der Waals surface area contributed by atoms with Crippen molar-refractivity contribution in [3.05, 3.63) is 55.5 Å². The number of rotatable bonds is 2. The van der Waals surface area contributed by atoms with Crippen LogP contribution in [0.4, 0.5) is 5.69 Å². The van der Waals surface area contributed by atoms with E-state index in [4.69, 9.17) is 34.8 Å². The molecule has 0 aliphatic carbocycles. The summed E-state index contributed by atoms with van der Waals surface area (Å²) in [6.45, 7) is 0. The average molecular weight is 360 g/mol. The molecule has 0 spiro atoms. The van der Waals surface area contributed by atoms with Gasteiger partial charge in [-0.3, -0.25) is 10.1 Å². The number of nitro benzene ring substituents is 1. The second-order valence-electron chi connectivity index (χ2n) is 4.17. The van der Waals surface area contributed by atoms with Crippen LogP contribution in [-0.4, -0.2) is 9.91 Å². The van der Waals surface area contributed by atoms with E-state index in [1.165, 1.54) is 23.5 Å². The molecule has 2 aromatic carbocycles. The molecule has 106 valence electrons. The van der Waals surface area contributed by atoms with Gasteiger partial charge < -0.3 is 0 Å². The fourth-order valence-electron chi connectivity index (χ4n) is 1.88. The molecule has 0 aliphatic heterocycles. The summed E-state index contributed by atoms with van der Waals surface area (Å²) in [6.07, 6.45) is 0. The minimum absolute atomic E-state index is 0.155. The Hall–Kier alpha value is -1.40. The number of hydrogen-bond acceptors (Lipinski definition) is 4. The number of fused-ring (bicyclic) bond motifs is 1. The van der Waals surface area contributed by atoms with Crippen LogP contribution in [0.1, 0.15) is 0 Å². The van der Waals surface area contributed by atoms with Crippen LogP contribution in [0.25, 0.3) is 20.8 Å². The number of hydrogen-bond donors (Lipinski definition) is 0.